The van der Waals surface area contributed by atoms with E-state index in [1.54, 1.807) is 6.92 Å². The van der Waals surface area contributed by atoms with Crippen LogP contribution in [0.5, 0.6) is 0 Å². The minimum atomic E-state index is -0.572. The summed E-state index contributed by atoms with van der Waals surface area (Å²) < 4.78 is 0. The zero-order valence-corrected chi connectivity index (χ0v) is 16.8. The van der Waals surface area contributed by atoms with Gasteiger partial charge in [-0.25, -0.2) is 0 Å². The second kappa shape index (κ2) is 9.66. The van der Waals surface area contributed by atoms with E-state index in [1.165, 1.54) is 6.92 Å². The molecule has 0 aromatic heterocycles. The first-order valence-electron chi connectivity index (χ1n) is 5.42. The summed E-state index contributed by atoms with van der Waals surface area (Å²) in [5.74, 6) is -0.00871. The number of carbonyl (C=O) groups is 1. The van der Waals surface area contributed by atoms with Crippen molar-refractivity contribution < 1.29 is 54.0 Å². The van der Waals surface area contributed by atoms with E-state index in [2.05, 4.69) is 5.32 Å². The van der Waals surface area contributed by atoms with Crippen molar-refractivity contribution in [2.24, 2.45) is 5.92 Å². The summed E-state index contributed by atoms with van der Waals surface area (Å²) in [6.07, 6.45) is -0.0184. The van der Waals surface area contributed by atoms with Crippen molar-refractivity contribution in [2.75, 3.05) is 14.1 Å². The molecule has 0 aliphatic rings. The molecule has 0 saturated heterocycles. The molecular formula is C11H22AcN2O2S. The van der Waals surface area contributed by atoms with E-state index in [1.807, 2.05) is 25.9 Å². The molecule has 6 heteroatoms. The summed E-state index contributed by atoms with van der Waals surface area (Å²) in [4.78, 5) is 13.5. The van der Waals surface area contributed by atoms with Gasteiger partial charge in [0.25, 0.3) is 0 Å². The molecule has 97 valence electrons. The Morgan fingerprint density at radius 2 is 1.88 bits per heavy atom. The van der Waals surface area contributed by atoms with Crippen molar-refractivity contribution in [3.05, 3.63) is 0 Å². The van der Waals surface area contributed by atoms with Gasteiger partial charge in [0.05, 0.1) is 17.1 Å². The molecule has 2 N–H and O–H groups in total. The van der Waals surface area contributed by atoms with Gasteiger partial charge in [0.1, 0.15) is 0 Å². The number of thiocarbonyl (C=S) groups is 1. The van der Waals surface area contributed by atoms with Gasteiger partial charge in [0.2, 0.25) is 5.91 Å². The smallest absolute Gasteiger partial charge is 0.217 e. The Balaban J connectivity index is 0. The number of hydrogen-bond donors (Lipinski definition) is 2. The van der Waals surface area contributed by atoms with E-state index in [4.69, 9.17) is 12.2 Å². The predicted molar refractivity (Wildman–Crippen MR) is 69.4 cm³/mol. The van der Waals surface area contributed by atoms with Gasteiger partial charge in [-0.3, -0.25) is 4.79 Å². The van der Waals surface area contributed by atoms with E-state index in [-0.39, 0.29) is 61.9 Å². The van der Waals surface area contributed by atoms with Gasteiger partial charge in [0.15, 0.2) is 0 Å². The second-order valence-corrected chi connectivity index (χ2v) is 4.84. The van der Waals surface area contributed by atoms with Crippen LogP contribution in [0.1, 0.15) is 27.2 Å². The largest absolute Gasteiger partial charge is 0.391 e. The SMILES string of the molecule is CC(=O)NC(C)C(O)CC(C)C(=S)N(C)C.[Ac]. The van der Waals surface area contributed by atoms with Crippen LogP contribution in [0, 0.1) is 50.0 Å². The third-order valence-corrected chi connectivity index (χ3v) is 3.23. The summed E-state index contributed by atoms with van der Waals surface area (Å²) in [5.41, 5.74) is 0. The maximum Gasteiger partial charge on any atom is 0.217 e. The van der Waals surface area contributed by atoms with Gasteiger partial charge in [-0.1, -0.05) is 19.1 Å². The molecule has 0 saturated carbocycles. The molecular weight excluding hydrogens is 451 g/mol. The Hall–Kier alpha value is 0.762. The van der Waals surface area contributed by atoms with Crippen molar-refractivity contribution in [3.63, 3.8) is 0 Å². The number of nitrogens with one attached hydrogen (secondary N) is 1. The normalized spacial score (nSPS) is 15.2. The monoisotopic (exact) mass is 473 g/mol. The summed E-state index contributed by atoms with van der Waals surface area (Å²) in [6, 6.07) is -0.245. The molecule has 0 aliphatic carbocycles. The van der Waals surface area contributed by atoms with Gasteiger partial charge >= 0.3 is 0 Å². The Morgan fingerprint density at radius 3 is 2.24 bits per heavy atom. The minimum absolute atomic E-state index is 0. The Kier molecular flexibility index (Phi) is 11.4. The number of nitrogens with zero attached hydrogens (tertiary/aromatic N) is 1. The quantitative estimate of drug-likeness (QED) is 0.580. The van der Waals surface area contributed by atoms with Crippen molar-refractivity contribution in [1.29, 1.82) is 0 Å². The van der Waals surface area contributed by atoms with Crippen LogP contribution in [0.4, 0.5) is 0 Å². The number of amides is 1. The molecule has 0 bridgehead atoms. The first kappa shape index (κ1) is 20.1. The average molecular weight is 473 g/mol. The second-order valence-electron chi connectivity index (χ2n) is 4.43. The Bertz CT molecular complexity index is 262. The molecule has 0 aliphatic heterocycles. The van der Waals surface area contributed by atoms with Gasteiger partial charge in [-0.05, 0) is 13.3 Å². The summed E-state index contributed by atoms with van der Waals surface area (Å²) >= 11 is 5.22. The molecule has 0 rings (SSSR count). The average Bonchev–Trinajstić information content (AvgIpc) is 2.14. The third kappa shape index (κ3) is 8.47. The van der Waals surface area contributed by atoms with Crippen LogP contribution < -0.4 is 5.32 Å². The van der Waals surface area contributed by atoms with Gasteiger partial charge in [-0.2, -0.15) is 0 Å². The van der Waals surface area contributed by atoms with Gasteiger partial charge in [-0.15, -0.1) is 0 Å². The molecule has 1 amide bonds. The Morgan fingerprint density at radius 1 is 1.41 bits per heavy atom. The molecule has 0 spiro atoms. The topological polar surface area (TPSA) is 52.6 Å². The van der Waals surface area contributed by atoms with Gasteiger partial charge in [0, 0.05) is 71.0 Å². The molecule has 4 nitrogen and oxygen atoms in total. The molecule has 0 heterocycles. The van der Waals surface area contributed by atoms with Crippen LogP contribution in [0.2, 0.25) is 0 Å². The summed E-state index contributed by atoms with van der Waals surface area (Å²) in [6.45, 7) is 5.21. The third-order valence-electron chi connectivity index (χ3n) is 2.47. The fourth-order valence-electron chi connectivity index (χ4n) is 1.52. The Labute approximate surface area is 145 Å². The standard InChI is InChI=1S/C11H22N2O2S.Ac/c1-7(11(16)13(4)5)6-10(15)8(2)12-9(3)14;/h7-8,10,15H,6H2,1-5H3,(H,12,14);. The first-order valence-corrected chi connectivity index (χ1v) is 5.82. The molecule has 0 fully saturated rings. The fourth-order valence-corrected chi connectivity index (χ4v) is 1.62. The molecule has 1 radical (unpaired) electrons. The molecule has 0 aromatic carbocycles. The number of aliphatic hydroxyl groups excluding tert-OH is 1. The molecule has 3 atom stereocenters. The van der Waals surface area contributed by atoms with Crippen molar-refractivity contribution in [3.8, 4) is 0 Å². The van der Waals surface area contributed by atoms with Crippen LogP contribution in [-0.2, 0) is 4.79 Å². The van der Waals surface area contributed by atoms with Crippen molar-refractivity contribution >= 4 is 23.1 Å². The molecule has 0 aromatic rings. The number of aliphatic hydroxyl groups is 1. The zero-order chi connectivity index (χ0) is 12.9. The number of hydrogen-bond acceptors (Lipinski definition) is 3. The zero-order valence-electron chi connectivity index (χ0n) is 11.2. The maximum absolute atomic E-state index is 10.8. The first-order chi connectivity index (χ1) is 7.25. The van der Waals surface area contributed by atoms with E-state index in [9.17, 15) is 9.90 Å². The van der Waals surface area contributed by atoms with Crippen LogP contribution in [-0.4, -0.2) is 47.1 Å². The molecule has 3 unspecified atom stereocenters. The predicted octanol–water partition coefficient (Wildman–Crippen LogP) is 0.787. The molecule has 17 heavy (non-hydrogen) atoms. The van der Waals surface area contributed by atoms with Crippen LogP contribution in [0.3, 0.4) is 0 Å². The van der Waals surface area contributed by atoms with E-state index in [0.717, 1.165) is 4.99 Å². The van der Waals surface area contributed by atoms with E-state index >= 15 is 0 Å². The van der Waals surface area contributed by atoms with E-state index in [0.29, 0.717) is 6.42 Å². The maximum atomic E-state index is 10.8. The van der Waals surface area contributed by atoms with Crippen LogP contribution >= 0.6 is 12.2 Å². The summed E-state index contributed by atoms with van der Waals surface area (Å²) in [5, 5.41) is 12.5. The van der Waals surface area contributed by atoms with Crippen molar-refractivity contribution in [1.82, 2.24) is 10.2 Å². The minimum Gasteiger partial charge on any atom is -0.391 e. The number of rotatable bonds is 5. The van der Waals surface area contributed by atoms with E-state index < -0.39 is 6.10 Å². The van der Waals surface area contributed by atoms with Gasteiger partial charge < -0.3 is 15.3 Å². The van der Waals surface area contributed by atoms with Crippen LogP contribution in [0.15, 0.2) is 0 Å². The number of carbonyl (C=O) groups excluding carboxylic acids is 1. The van der Waals surface area contributed by atoms with Crippen molar-refractivity contribution in [2.45, 2.75) is 39.3 Å². The van der Waals surface area contributed by atoms with Crippen LogP contribution in [0.25, 0.3) is 0 Å². The fraction of sp³-hybridized carbons (Fsp3) is 0.818. The summed E-state index contributed by atoms with van der Waals surface area (Å²) in [7, 11) is 3.78.